The van der Waals surface area contributed by atoms with Crippen LogP contribution >= 0.6 is 11.3 Å². The molecule has 0 saturated heterocycles. The van der Waals surface area contributed by atoms with Crippen LogP contribution in [-0.4, -0.2) is 38.0 Å². The van der Waals surface area contributed by atoms with Crippen LogP contribution in [0, 0.1) is 0 Å². The molecule has 4 aromatic rings. The van der Waals surface area contributed by atoms with E-state index in [1.165, 1.54) is 11.3 Å². The summed E-state index contributed by atoms with van der Waals surface area (Å²) in [6.45, 7) is 5.92. The second kappa shape index (κ2) is 11.4. The van der Waals surface area contributed by atoms with E-state index in [0.717, 1.165) is 16.3 Å². The van der Waals surface area contributed by atoms with Crippen molar-refractivity contribution in [2.75, 3.05) is 27.4 Å². The maximum absolute atomic E-state index is 14.2. The molecule has 0 unspecified atom stereocenters. The van der Waals surface area contributed by atoms with Crippen LogP contribution in [-0.2, 0) is 9.53 Å². The smallest absolute Gasteiger partial charge is 0.338 e. The van der Waals surface area contributed by atoms with Crippen molar-refractivity contribution < 1.29 is 23.7 Å². The van der Waals surface area contributed by atoms with Gasteiger partial charge in [0, 0.05) is 11.1 Å². The largest absolute Gasteiger partial charge is 0.496 e. The molecule has 1 atom stereocenters. The first kappa shape index (κ1) is 27.2. The number of methoxy groups -OCH3 is 2. The topological polar surface area (TPSA) is 88.4 Å². The first-order chi connectivity index (χ1) is 19.4. The molecule has 0 spiro atoms. The van der Waals surface area contributed by atoms with E-state index in [2.05, 4.69) is 4.99 Å². The molecule has 40 heavy (non-hydrogen) atoms. The molecule has 0 radical (unpaired) electrons. The van der Waals surface area contributed by atoms with Crippen molar-refractivity contribution in [2.45, 2.75) is 26.8 Å². The zero-order valence-corrected chi connectivity index (χ0v) is 23.8. The number of thiazole rings is 1. The Balaban J connectivity index is 1.82. The third-order valence-electron chi connectivity index (χ3n) is 6.76. The van der Waals surface area contributed by atoms with Gasteiger partial charge in [-0.25, -0.2) is 9.79 Å². The van der Waals surface area contributed by atoms with Crippen LogP contribution in [0.5, 0.6) is 17.2 Å². The fraction of sp³-hybridized carbons (Fsp3) is 0.258. The quantitative estimate of drug-likeness (QED) is 0.299. The van der Waals surface area contributed by atoms with Gasteiger partial charge in [-0.05, 0) is 49.8 Å². The highest BCUT2D eigenvalue weighted by molar-refractivity contribution is 7.07. The molecule has 1 aliphatic rings. The number of para-hydroxylation sites is 1. The van der Waals surface area contributed by atoms with Crippen LogP contribution in [0.15, 0.2) is 75.7 Å². The molecule has 3 aromatic carbocycles. The van der Waals surface area contributed by atoms with E-state index >= 15 is 0 Å². The predicted octanol–water partition coefficient (Wildman–Crippen LogP) is 4.37. The Morgan fingerprint density at radius 2 is 1.77 bits per heavy atom. The summed E-state index contributed by atoms with van der Waals surface area (Å²) in [5.74, 6) is 1.07. The van der Waals surface area contributed by atoms with Gasteiger partial charge in [-0.2, -0.15) is 0 Å². The van der Waals surface area contributed by atoms with E-state index in [9.17, 15) is 9.59 Å². The number of carbonyl (C=O) groups excluding carboxylic acids is 1. The summed E-state index contributed by atoms with van der Waals surface area (Å²) >= 11 is 1.26. The second-order valence-electron chi connectivity index (χ2n) is 9.02. The summed E-state index contributed by atoms with van der Waals surface area (Å²) in [4.78, 5) is 32.7. The molecule has 0 aliphatic carbocycles. The van der Waals surface area contributed by atoms with E-state index in [1.807, 2.05) is 61.5 Å². The lowest BCUT2D eigenvalue weighted by molar-refractivity contribution is -0.139. The number of hydrogen-bond donors (Lipinski definition) is 0. The number of aromatic nitrogens is 1. The Morgan fingerprint density at radius 1 is 1.00 bits per heavy atom. The van der Waals surface area contributed by atoms with Crippen molar-refractivity contribution in [1.29, 1.82) is 0 Å². The third-order valence-corrected chi connectivity index (χ3v) is 7.74. The predicted molar refractivity (Wildman–Crippen MR) is 155 cm³/mol. The van der Waals surface area contributed by atoms with Gasteiger partial charge >= 0.3 is 5.97 Å². The highest BCUT2D eigenvalue weighted by atomic mass is 32.1. The van der Waals surface area contributed by atoms with Gasteiger partial charge in [0.1, 0.15) is 11.8 Å². The monoisotopic (exact) mass is 558 g/mol. The average molecular weight is 559 g/mol. The van der Waals surface area contributed by atoms with E-state index in [-0.39, 0.29) is 17.7 Å². The van der Waals surface area contributed by atoms with Crippen molar-refractivity contribution in [1.82, 2.24) is 4.57 Å². The van der Waals surface area contributed by atoms with Gasteiger partial charge in [-0.1, -0.05) is 53.8 Å². The van der Waals surface area contributed by atoms with E-state index in [0.29, 0.717) is 44.4 Å². The first-order valence-corrected chi connectivity index (χ1v) is 13.8. The molecule has 1 aliphatic heterocycles. The van der Waals surface area contributed by atoms with Crippen LogP contribution in [0.25, 0.3) is 16.8 Å². The molecule has 206 valence electrons. The highest BCUT2D eigenvalue weighted by Crippen LogP contribution is 2.40. The number of nitrogens with zero attached hydrogens (tertiary/aromatic N) is 2. The lowest BCUT2D eigenvalue weighted by Crippen LogP contribution is -2.40. The molecular formula is C31H30N2O6S. The fourth-order valence-corrected chi connectivity index (χ4v) is 6.06. The summed E-state index contributed by atoms with van der Waals surface area (Å²) in [7, 11) is 3.16. The summed E-state index contributed by atoms with van der Waals surface area (Å²) in [5, 5.41) is 1.98. The van der Waals surface area contributed by atoms with E-state index in [4.69, 9.17) is 18.9 Å². The highest BCUT2D eigenvalue weighted by Gasteiger charge is 2.36. The van der Waals surface area contributed by atoms with Gasteiger partial charge < -0.3 is 18.9 Å². The molecule has 0 fully saturated rings. The van der Waals surface area contributed by atoms with Crippen molar-refractivity contribution in [2.24, 2.45) is 4.99 Å². The second-order valence-corrected chi connectivity index (χ2v) is 10.0. The van der Waals surface area contributed by atoms with Gasteiger partial charge in [0.15, 0.2) is 16.3 Å². The number of fused-ring (bicyclic) bond motifs is 2. The van der Waals surface area contributed by atoms with Crippen molar-refractivity contribution in [3.8, 4) is 17.2 Å². The number of allylic oxidation sites excluding steroid dienone is 1. The number of esters is 1. The molecule has 8 nitrogen and oxygen atoms in total. The molecule has 1 aromatic heterocycles. The molecule has 2 heterocycles. The maximum Gasteiger partial charge on any atom is 0.338 e. The fourth-order valence-electron chi connectivity index (χ4n) is 5.03. The molecule has 5 rings (SSSR count). The Kier molecular flexibility index (Phi) is 7.75. The minimum atomic E-state index is -0.830. The summed E-state index contributed by atoms with van der Waals surface area (Å²) in [6.07, 6.45) is 1.83. The number of ether oxygens (including phenoxy) is 4. The standard InChI is InChI=1S/C31H30N2O6S/c1-6-38-28-21(13-10-14-24(28)37-5)27-26(30(35)39-7-2)18(3)32-31-33(27)29(34)25(40-31)17-22-20-12-9-8-11-19(20)15-16-23(22)36-4/h8-17,27H,6-7H2,1-5H3/b25-17-/t27-/m0/s1. The van der Waals surface area contributed by atoms with Gasteiger partial charge in [0.2, 0.25) is 0 Å². The molecule has 0 bridgehead atoms. The molecule has 9 heteroatoms. The van der Waals surface area contributed by atoms with Crippen LogP contribution in [0.4, 0.5) is 0 Å². The zero-order chi connectivity index (χ0) is 28.4. The number of carbonyl (C=O) groups is 1. The van der Waals surface area contributed by atoms with Crippen molar-refractivity contribution in [3.63, 3.8) is 0 Å². The Bertz CT molecular complexity index is 1820. The lowest BCUT2D eigenvalue weighted by atomic mass is 9.94. The lowest BCUT2D eigenvalue weighted by Gasteiger charge is -2.26. The van der Waals surface area contributed by atoms with Crippen LogP contribution < -0.4 is 29.1 Å². The van der Waals surface area contributed by atoms with Crippen LogP contribution in [0.3, 0.4) is 0 Å². The number of hydrogen-bond acceptors (Lipinski definition) is 8. The number of rotatable bonds is 8. The Hall–Kier alpha value is -4.37. The summed E-state index contributed by atoms with van der Waals surface area (Å²) in [5.41, 5.74) is 1.86. The Labute approximate surface area is 235 Å². The van der Waals surface area contributed by atoms with Crippen LogP contribution in [0.2, 0.25) is 0 Å². The maximum atomic E-state index is 14.2. The van der Waals surface area contributed by atoms with Crippen LogP contribution in [0.1, 0.15) is 37.9 Å². The van der Waals surface area contributed by atoms with Gasteiger partial charge in [-0.3, -0.25) is 9.36 Å². The third kappa shape index (κ3) is 4.66. The van der Waals surface area contributed by atoms with Crippen molar-refractivity contribution >= 4 is 34.2 Å². The normalized spacial score (nSPS) is 15.0. The molecule has 0 saturated carbocycles. The average Bonchev–Trinajstić information content (AvgIpc) is 3.26. The molecule has 0 amide bonds. The summed E-state index contributed by atoms with van der Waals surface area (Å²) < 4.78 is 24.7. The van der Waals surface area contributed by atoms with Gasteiger partial charge in [-0.15, -0.1) is 0 Å². The minimum Gasteiger partial charge on any atom is -0.496 e. The Morgan fingerprint density at radius 3 is 2.50 bits per heavy atom. The van der Waals surface area contributed by atoms with E-state index in [1.54, 1.807) is 38.7 Å². The van der Waals surface area contributed by atoms with Crippen molar-refractivity contribution in [3.05, 3.63) is 96.7 Å². The zero-order valence-electron chi connectivity index (χ0n) is 23.0. The molecule has 0 N–H and O–H groups in total. The SMILES string of the molecule is CCOC(=O)C1=C(C)N=c2s/c(=C\c3c(OC)ccc4ccccc34)c(=O)n2[C@H]1c1cccc(OC)c1OCC. The summed E-state index contributed by atoms with van der Waals surface area (Å²) in [6, 6.07) is 16.4. The molecular weight excluding hydrogens is 528 g/mol. The number of benzene rings is 3. The van der Waals surface area contributed by atoms with Gasteiger partial charge in [0.05, 0.1) is 43.2 Å². The minimum absolute atomic E-state index is 0.185. The first-order valence-electron chi connectivity index (χ1n) is 13.0. The van der Waals surface area contributed by atoms with Gasteiger partial charge in [0.25, 0.3) is 5.56 Å². The van der Waals surface area contributed by atoms with E-state index < -0.39 is 12.0 Å².